The Kier molecular flexibility index (Phi) is 4.88. The zero-order valence-electron chi connectivity index (χ0n) is 13.0. The minimum Gasteiger partial charge on any atom is -0.444 e. The number of aliphatic hydroxyl groups is 1. The number of aromatic nitrogens is 2. The van der Waals surface area contributed by atoms with Crippen molar-refractivity contribution in [2.75, 3.05) is 0 Å². The van der Waals surface area contributed by atoms with Gasteiger partial charge in [0.25, 0.3) is 0 Å². The van der Waals surface area contributed by atoms with Crippen LogP contribution in [-0.2, 0) is 11.3 Å². The van der Waals surface area contributed by atoms with E-state index in [-0.39, 0.29) is 6.10 Å². The molecule has 0 atom stereocenters. The Bertz CT molecular complexity index is 471. The molecule has 0 bridgehead atoms. The number of carbonyl (C=O) groups is 1. The van der Waals surface area contributed by atoms with Crippen molar-refractivity contribution < 1.29 is 14.6 Å². The normalized spacial score (nSPS) is 22.9. The van der Waals surface area contributed by atoms with E-state index in [2.05, 4.69) is 14.9 Å². The number of nitrogens with one attached hydrogen (secondary N) is 1. The molecule has 1 fully saturated rings. The fourth-order valence-electron chi connectivity index (χ4n) is 2.61. The number of ether oxygens (including phenoxy) is 1. The van der Waals surface area contributed by atoms with Crippen LogP contribution in [0.2, 0.25) is 0 Å². The Labute approximate surface area is 125 Å². The van der Waals surface area contributed by atoms with E-state index >= 15 is 0 Å². The van der Waals surface area contributed by atoms with Gasteiger partial charge in [0, 0.05) is 12.2 Å². The van der Waals surface area contributed by atoms with Crippen LogP contribution in [0, 0.1) is 0 Å². The second-order valence-electron chi connectivity index (χ2n) is 6.61. The van der Waals surface area contributed by atoms with Gasteiger partial charge in [0.15, 0.2) is 0 Å². The summed E-state index contributed by atoms with van der Waals surface area (Å²) in [5, 5.41) is 12.3. The molecule has 0 unspecified atom stereocenters. The SMILES string of the molecule is CC(C)(C)OC(=O)NCc1cncn1C1CCC(O)CC1. The van der Waals surface area contributed by atoms with E-state index < -0.39 is 11.7 Å². The second-order valence-corrected chi connectivity index (χ2v) is 6.61. The van der Waals surface area contributed by atoms with E-state index in [0.717, 1.165) is 31.4 Å². The van der Waals surface area contributed by atoms with Gasteiger partial charge in [-0.2, -0.15) is 0 Å². The van der Waals surface area contributed by atoms with Crippen LogP contribution in [-0.4, -0.2) is 32.5 Å². The molecule has 1 aromatic rings. The molecule has 1 aromatic heterocycles. The van der Waals surface area contributed by atoms with Gasteiger partial charge in [-0.05, 0) is 46.5 Å². The number of amides is 1. The standard InChI is InChI=1S/C15H25N3O3/c1-15(2,3)21-14(20)17-9-12-8-16-10-18(12)11-4-6-13(19)7-5-11/h8,10-11,13,19H,4-7,9H2,1-3H3,(H,17,20). The van der Waals surface area contributed by atoms with Crippen LogP contribution in [0.5, 0.6) is 0 Å². The van der Waals surface area contributed by atoms with Crippen molar-refractivity contribution in [1.29, 1.82) is 0 Å². The molecule has 1 aliphatic carbocycles. The summed E-state index contributed by atoms with van der Waals surface area (Å²) in [5.74, 6) is 0. The molecule has 1 amide bonds. The summed E-state index contributed by atoms with van der Waals surface area (Å²) in [4.78, 5) is 15.9. The minimum atomic E-state index is -0.496. The summed E-state index contributed by atoms with van der Waals surface area (Å²) < 4.78 is 7.32. The van der Waals surface area contributed by atoms with E-state index in [4.69, 9.17) is 4.74 Å². The van der Waals surface area contributed by atoms with Crippen molar-refractivity contribution in [2.45, 2.75) is 70.7 Å². The van der Waals surface area contributed by atoms with Gasteiger partial charge in [0.1, 0.15) is 5.60 Å². The van der Waals surface area contributed by atoms with Gasteiger partial charge >= 0.3 is 6.09 Å². The van der Waals surface area contributed by atoms with Crippen LogP contribution in [0.15, 0.2) is 12.5 Å². The molecule has 0 radical (unpaired) electrons. The third kappa shape index (κ3) is 4.74. The number of rotatable bonds is 3. The minimum absolute atomic E-state index is 0.173. The van der Waals surface area contributed by atoms with E-state index in [9.17, 15) is 9.90 Å². The largest absolute Gasteiger partial charge is 0.444 e. The summed E-state index contributed by atoms with van der Waals surface area (Å²) in [6.07, 6.45) is 6.50. The highest BCUT2D eigenvalue weighted by Gasteiger charge is 2.22. The van der Waals surface area contributed by atoms with Crippen molar-refractivity contribution in [3.8, 4) is 0 Å². The molecule has 21 heavy (non-hydrogen) atoms. The number of carbonyl (C=O) groups excluding carboxylic acids is 1. The quantitative estimate of drug-likeness (QED) is 0.897. The third-order valence-corrected chi connectivity index (χ3v) is 3.62. The van der Waals surface area contributed by atoms with Crippen LogP contribution in [0.3, 0.4) is 0 Å². The molecule has 2 rings (SSSR count). The molecule has 0 aliphatic heterocycles. The number of hydrogen-bond donors (Lipinski definition) is 2. The maximum Gasteiger partial charge on any atom is 0.407 e. The van der Waals surface area contributed by atoms with Crippen molar-refractivity contribution >= 4 is 6.09 Å². The Morgan fingerprint density at radius 1 is 1.43 bits per heavy atom. The smallest absolute Gasteiger partial charge is 0.407 e. The predicted octanol–water partition coefficient (Wildman–Crippen LogP) is 2.38. The number of imidazole rings is 1. The summed E-state index contributed by atoms with van der Waals surface area (Å²) in [7, 11) is 0. The van der Waals surface area contributed by atoms with Crippen LogP contribution >= 0.6 is 0 Å². The lowest BCUT2D eigenvalue weighted by Crippen LogP contribution is -2.33. The highest BCUT2D eigenvalue weighted by molar-refractivity contribution is 5.67. The van der Waals surface area contributed by atoms with Crippen molar-refractivity contribution in [3.63, 3.8) is 0 Å². The Morgan fingerprint density at radius 2 is 2.10 bits per heavy atom. The van der Waals surface area contributed by atoms with Crippen molar-refractivity contribution in [1.82, 2.24) is 14.9 Å². The Hall–Kier alpha value is -1.56. The fraction of sp³-hybridized carbons (Fsp3) is 0.733. The van der Waals surface area contributed by atoms with Crippen molar-refractivity contribution in [3.05, 3.63) is 18.2 Å². The summed E-state index contributed by atoms with van der Waals surface area (Å²) >= 11 is 0. The zero-order chi connectivity index (χ0) is 15.5. The van der Waals surface area contributed by atoms with E-state index in [1.54, 1.807) is 12.5 Å². The molecule has 0 aromatic carbocycles. The lowest BCUT2D eigenvalue weighted by Gasteiger charge is -2.28. The average Bonchev–Trinajstić information content (AvgIpc) is 2.83. The maximum absolute atomic E-state index is 11.7. The molecule has 0 saturated heterocycles. The average molecular weight is 295 g/mol. The van der Waals surface area contributed by atoms with E-state index in [1.165, 1.54) is 0 Å². The molecular formula is C15H25N3O3. The van der Waals surface area contributed by atoms with Gasteiger partial charge in [-0.3, -0.25) is 0 Å². The first kappa shape index (κ1) is 15.8. The lowest BCUT2D eigenvalue weighted by molar-refractivity contribution is 0.0521. The number of nitrogens with zero attached hydrogens (tertiary/aromatic N) is 2. The topological polar surface area (TPSA) is 76.4 Å². The highest BCUT2D eigenvalue weighted by Crippen LogP contribution is 2.29. The molecule has 1 heterocycles. The zero-order valence-corrected chi connectivity index (χ0v) is 13.0. The van der Waals surface area contributed by atoms with Crippen molar-refractivity contribution in [2.24, 2.45) is 0 Å². The van der Waals surface area contributed by atoms with Crippen LogP contribution < -0.4 is 5.32 Å². The fourth-order valence-corrected chi connectivity index (χ4v) is 2.61. The van der Waals surface area contributed by atoms with Crippen LogP contribution in [0.4, 0.5) is 4.79 Å². The van der Waals surface area contributed by atoms with E-state index in [0.29, 0.717) is 12.6 Å². The maximum atomic E-state index is 11.7. The summed E-state index contributed by atoms with van der Waals surface area (Å²) in [5.41, 5.74) is 0.464. The first-order valence-corrected chi connectivity index (χ1v) is 7.51. The molecule has 6 heteroatoms. The third-order valence-electron chi connectivity index (χ3n) is 3.62. The molecule has 2 N–H and O–H groups in total. The molecular weight excluding hydrogens is 270 g/mol. The summed E-state index contributed by atoms with van der Waals surface area (Å²) in [6.45, 7) is 5.91. The number of hydrogen-bond acceptors (Lipinski definition) is 4. The highest BCUT2D eigenvalue weighted by atomic mass is 16.6. The Morgan fingerprint density at radius 3 is 2.71 bits per heavy atom. The second kappa shape index (κ2) is 6.47. The molecule has 1 aliphatic rings. The molecule has 118 valence electrons. The van der Waals surface area contributed by atoms with Gasteiger partial charge in [-0.15, -0.1) is 0 Å². The van der Waals surface area contributed by atoms with Crippen LogP contribution in [0.1, 0.15) is 58.2 Å². The monoisotopic (exact) mass is 295 g/mol. The molecule has 6 nitrogen and oxygen atoms in total. The van der Waals surface area contributed by atoms with Gasteiger partial charge in [0.2, 0.25) is 0 Å². The first-order valence-electron chi connectivity index (χ1n) is 7.51. The van der Waals surface area contributed by atoms with Gasteiger partial charge in [-0.1, -0.05) is 0 Å². The Balaban J connectivity index is 1.90. The predicted molar refractivity (Wildman–Crippen MR) is 78.8 cm³/mol. The number of aliphatic hydroxyl groups excluding tert-OH is 1. The molecule has 1 saturated carbocycles. The van der Waals surface area contributed by atoms with Gasteiger partial charge in [-0.25, -0.2) is 9.78 Å². The number of alkyl carbamates (subject to hydrolysis) is 1. The lowest BCUT2D eigenvalue weighted by atomic mass is 9.93. The summed E-state index contributed by atoms with van der Waals surface area (Å²) in [6, 6.07) is 0.353. The first-order chi connectivity index (χ1) is 9.85. The molecule has 0 spiro atoms. The van der Waals surface area contributed by atoms with Gasteiger partial charge < -0.3 is 19.7 Å². The van der Waals surface area contributed by atoms with E-state index in [1.807, 2.05) is 20.8 Å². The van der Waals surface area contributed by atoms with Gasteiger partial charge in [0.05, 0.1) is 24.7 Å². The van der Waals surface area contributed by atoms with Crippen LogP contribution in [0.25, 0.3) is 0 Å².